The highest BCUT2D eigenvalue weighted by Crippen LogP contribution is 2.02. The molecule has 2 heteroatoms. The summed E-state index contributed by atoms with van der Waals surface area (Å²) in [7, 11) is 0. The second kappa shape index (κ2) is 7.76. The Bertz CT molecular complexity index is 99.7. The van der Waals surface area contributed by atoms with Crippen LogP contribution in [0.4, 0.5) is 0 Å². The van der Waals surface area contributed by atoms with Crippen molar-refractivity contribution in [3.05, 3.63) is 12.2 Å². The largest absolute Gasteiger partial charge is 0.396 e. The van der Waals surface area contributed by atoms with Gasteiger partial charge in [0.05, 0.1) is 6.10 Å². The fourth-order valence-electron chi connectivity index (χ4n) is 0.865. The van der Waals surface area contributed by atoms with E-state index >= 15 is 0 Å². The van der Waals surface area contributed by atoms with E-state index in [2.05, 4.69) is 6.92 Å². The van der Waals surface area contributed by atoms with E-state index in [1.807, 2.05) is 12.2 Å². The Balaban J connectivity index is 3.21. The summed E-state index contributed by atoms with van der Waals surface area (Å²) in [5.41, 5.74) is 0. The third kappa shape index (κ3) is 7.56. The minimum absolute atomic E-state index is 0.175. The van der Waals surface area contributed by atoms with Gasteiger partial charge in [-0.25, -0.2) is 0 Å². The molecular formula is C9H18O2. The lowest BCUT2D eigenvalue weighted by Gasteiger charge is -2.04. The Hall–Kier alpha value is -0.340. The lowest BCUT2D eigenvalue weighted by molar-refractivity contribution is 0.152. The van der Waals surface area contributed by atoms with Gasteiger partial charge < -0.3 is 10.2 Å². The molecule has 0 aromatic carbocycles. The predicted octanol–water partition coefficient (Wildman–Crippen LogP) is 1.48. The zero-order valence-corrected chi connectivity index (χ0v) is 7.16. The van der Waals surface area contributed by atoms with E-state index in [9.17, 15) is 5.11 Å². The molecule has 0 aromatic rings. The van der Waals surface area contributed by atoms with Crippen LogP contribution in [0, 0.1) is 0 Å². The molecule has 0 aliphatic carbocycles. The first kappa shape index (κ1) is 10.7. The Labute approximate surface area is 68.6 Å². The van der Waals surface area contributed by atoms with Crippen LogP contribution in [0.15, 0.2) is 12.2 Å². The van der Waals surface area contributed by atoms with Gasteiger partial charge in [-0.15, -0.1) is 0 Å². The molecule has 0 rings (SSSR count). The summed E-state index contributed by atoms with van der Waals surface area (Å²) in [5, 5.41) is 17.7. The molecule has 1 unspecified atom stereocenters. The van der Waals surface area contributed by atoms with Crippen LogP contribution in [0.25, 0.3) is 0 Å². The summed E-state index contributed by atoms with van der Waals surface area (Å²) < 4.78 is 0. The molecule has 2 N–H and O–H groups in total. The normalized spacial score (nSPS) is 14.1. The van der Waals surface area contributed by atoms with Gasteiger partial charge in [-0.2, -0.15) is 0 Å². The van der Waals surface area contributed by atoms with Crippen molar-refractivity contribution >= 4 is 0 Å². The van der Waals surface area contributed by atoms with Crippen molar-refractivity contribution in [1.29, 1.82) is 0 Å². The van der Waals surface area contributed by atoms with Gasteiger partial charge in [0.2, 0.25) is 0 Å². The quantitative estimate of drug-likeness (QED) is 0.575. The van der Waals surface area contributed by atoms with E-state index in [0.717, 1.165) is 6.42 Å². The molecule has 0 aromatic heterocycles. The van der Waals surface area contributed by atoms with Crippen molar-refractivity contribution in [2.45, 2.75) is 38.7 Å². The Morgan fingerprint density at radius 2 is 2.09 bits per heavy atom. The second-order valence-electron chi connectivity index (χ2n) is 2.64. The van der Waals surface area contributed by atoms with E-state index < -0.39 is 0 Å². The fourth-order valence-corrected chi connectivity index (χ4v) is 0.865. The molecule has 0 fully saturated rings. The summed E-state index contributed by atoms with van der Waals surface area (Å²) in [4.78, 5) is 0. The first-order valence-electron chi connectivity index (χ1n) is 4.25. The number of allylic oxidation sites excluding steroid dienone is 1. The van der Waals surface area contributed by atoms with Crippen LogP contribution >= 0.6 is 0 Å². The van der Waals surface area contributed by atoms with Crippen LogP contribution in [0.1, 0.15) is 32.6 Å². The minimum Gasteiger partial charge on any atom is -0.396 e. The first-order chi connectivity index (χ1) is 5.31. The maximum absolute atomic E-state index is 9.24. The number of rotatable bonds is 6. The zero-order chi connectivity index (χ0) is 8.53. The highest BCUT2D eigenvalue weighted by molar-refractivity contribution is 4.82. The molecule has 0 heterocycles. The van der Waals surface area contributed by atoms with Gasteiger partial charge in [0.1, 0.15) is 0 Å². The molecule has 0 saturated heterocycles. The molecule has 66 valence electrons. The molecule has 0 saturated carbocycles. The molecular weight excluding hydrogens is 140 g/mol. The van der Waals surface area contributed by atoms with Crippen LogP contribution in [-0.4, -0.2) is 22.9 Å². The van der Waals surface area contributed by atoms with Crippen LogP contribution < -0.4 is 0 Å². The number of hydrogen-bond acceptors (Lipinski definition) is 2. The number of aliphatic hydroxyl groups excluding tert-OH is 2. The second-order valence-corrected chi connectivity index (χ2v) is 2.64. The summed E-state index contributed by atoms with van der Waals surface area (Å²) >= 11 is 0. The molecule has 0 aliphatic heterocycles. The monoisotopic (exact) mass is 158 g/mol. The van der Waals surface area contributed by atoms with E-state index in [1.54, 1.807) is 0 Å². The van der Waals surface area contributed by atoms with Gasteiger partial charge in [-0.1, -0.05) is 19.1 Å². The highest BCUT2D eigenvalue weighted by atomic mass is 16.3. The summed E-state index contributed by atoms with van der Waals surface area (Å²) in [6.45, 7) is 2.24. The average molecular weight is 158 g/mol. The van der Waals surface area contributed by atoms with Gasteiger partial charge in [0.15, 0.2) is 0 Å². The zero-order valence-electron chi connectivity index (χ0n) is 7.16. The van der Waals surface area contributed by atoms with Crippen LogP contribution in [0.3, 0.4) is 0 Å². The third-order valence-corrected chi connectivity index (χ3v) is 1.51. The smallest absolute Gasteiger partial charge is 0.0575 e. The highest BCUT2D eigenvalue weighted by Gasteiger charge is 1.99. The van der Waals surface area contributed by atoms with Gasteiger partial charge >= 0.3 is 0 Å². The van der Waals surface area contributed by atoms with Crippen LogP contribution in [-0.2, 0) is 0 Å². The maximum atomic E-state index is 9.24. The van der Waals surface area contributed by atoms with Crippen molar-refractivity contribution in [2.75, 3.05) is 6.61 Å². The van der Waals surface area contributed by atoms with E-state index in [4.69, 9.17) is 5.11 Å². The Kier molecular flexibility index (Phi) is 7.52. The van der Waals surface area contributed by atoms with Crippen LogP contribution in [0.5, 0.6) is 0 Å². The molecule has 11 heavy (non-hydrogen) atoms. The fraction of sp³-hybridized carbons (Fsp3) is 0.778. The molecule has 0 amide bonds. The first-order valence-corrected chi connectivity index (χ1v) is 4.25. The lowest BCUT2D eigenvalue weighted by atomic mass is 10.1. The molecule has 2 nitrogen and oxygen atoms in total. The van der Waals surface area contributed by atoms with Gasteiger partial charge in [-0.3, -0.25) is 0 Å². The number of aliphatic hydroxyl groups is 2. The Morgan fingerprint density at radius 3 is 2.64 bits per heavy atom. The van der Waals surface area contributed by atoms with Crippen LogP contribution in [0.2, 0.25) is 0 Å². The summed E-state index contributed by atoms with van der Waals surface area (Å²) in [6.07, 6.45) is 6.89. The van der Waals surface area contributed by atoms with E-state index in [-0.39, 0.29) is 12.7 Å². The van der Waals surface area contributed by atoms with Crippen molar-refractivity contribution in [2.24, 2.45) is 0 Å². The minimum atomic E-state index is -0.273. The van der Waals surface area contributed by atoms with Gasteiger partial charge in [0, 0.05) is 6.61 Å². The number of hydrogen-bond donors (Lipinski definition) is 2. The molecule has 0 radical (unpaired) electrons. The van der Waals surface area contributed by atoms with Gasteiger partial charge in [-0.05, 0) is 25.7 Å². The summed E-state index contributed by atoms with van der Waals surface area (Å²) in [6, 6.07) is 0. The third-order valence-electron chi connectivity index (χ3n) is 1.51. The van der Waals surface area contributed by atoms with E-state index in [0.29, 0.717) is 19.3 Å². The maximum Gasteiger partial charge on any atom is 0.0575 e. The SMILES string of the molecule is CCC=CCC(O)CCCO. The molecule has 0 bridgehead atoms. The average Bonchev–Trinajstić information content (AvgIpc) is 2.01. The predicted molar refractivity (Wildman–Crippen MR) is 46.4 cm³/mol. The molecule has 0 spiro atoms. The Morgan fingerprint density at radius 1 is 1.36 bits per heavy atom. The van der Waals surface area contributed by atoms with Crippen molar-refractivity contribution in [3.8, 4) is 0 Å². The van der Waals surface area contributed by atoms with Crippen molar-refractivity contribution in [1.82, 2.24) is 0 Å². The lowest BCUT2D eigenvalue weighted by Crippen LogP contribution is -2.05. The van der Waals surface area contributed by atoms with E-state index in [1.165, 1.54) is 0 Å². The van der Waals surface area contributed by atoms with Crippen molar-refractivity contribution in [3.63, 3.8) is 0 Å². The van der Waals surface area contributed by atoms with Crippen molar-refractivity contribution < 1.29 is 10.2 Å². The van der Waals surface area contributed by atoms with Gasteiger partial charge in [0.25, 0.3) is 0 Å². The standard InChI is InChI=1S/C9H18O2/c1-2-3-4-6-9(11)7-5-8-10/h3-4,9-11H,2,5-8H2,1H3. The topological polar surface area (TPSA) is 40.5 Å². The molecule has 0 aliphatic rings. The summed E-state index contributed by atoms with van der Waals surface area (Å²) in [5.74, 6) is 0. The molecule has 1 atom stereocenters.